The molecule has 0 aliphatic carbocycles. The van der Waals surface area contributed by atoms with E-state index >= 15 is 0 Å². The van der Waals surface area contributed by atoms with Crippen molar-refractivity contribution in [3.8, 4) is 0 Å². The fraction of sp³-hybridized carbons (Fsp3) is 0.400. The molecule has 0 saturated carbocycles. The van der Waals surface area contributed by atoms with Crippen LogP contribution in [0.25, 0.3) is 0 Å². The second-order valence-electron chi connectivity index (χ2n) is 3.56. The van der Waals surface area contributed by atoms with E-state index in [2.05, 4.69) is 0 Å². The maximum atomic E-state index is 11.3. The van der Waals surface area contributed by atoms with Crippen LogP contribution in [0.15, 0.2) is 16.7 Å². The molecule has 0 atom stereocenters. The van der Waals surface area contributed by atoms with E-state index in [1.165, 1.54) is 22.9 Å². The highest BCUT2D eigenvalue weighted by Gasteiger charge is 2.10. The van der Waals surface area contributed by atoms with E-state index in [0.717, 1.165) is 0 Å². The number of amides is 2. The molecule has 2 amide bonds. The van der Waals surface area contributed by atoms with Crippen LogP contribution >= 0.6 is 11.8 Å². The summed E-state index contributed by atoms with van der Waals surface area (Å²) < 4.78 is 5.17. The summed E-state index contributed by atoms with van der Waals surface area (Å²) in [5.74, 6) is 6.20. The van der Waals surface area contributed by atoms with Gasteiger partial charge >= 0.3 is 0 Å². The van der Waals surface area contributed by atoms with E-state index in [-0.39, 0.29) is 5.91 Å². The molecule has 0 unspecified atom stereocenters. The molecular weight excluding hydrogens is 242 g/mol. The SMILES string of the molecule is CN(C)C(=O)CSCc1cc(C(=O)NN)co1. The van der Waals surface area contributed by atoms with Crippen molar-refractivity contribution in [3.63, 3.8) is 0 Å². The van der Waals surface area contributed by atoms with Gasteiger partial charge in [-0.05, 0) is 6.07 Å². The quantitative estimate of drug-likeness (QED) is 0.447. The van der Waals surface area contributed by atoms with Crippen LogP contribution < -0.4 is 11.3 Å². The molecule has 17 heavy (non-hydrogen) atoms. The Labute approximate surface area is 103 Å². The van der Waals surface area contributed by atoms with E-state index in [1.54, 1.807) is 20.2 Å². The molecule has 0 aromatic carbocycles. The molecule has 7 heteroatoms. The molecule has 6 nitrogen and oxygen atoms in total. The van der Waals surface area contributed by atoms with Gasteiger partial charge in [-0.2, -0.15) is 0 Å². The van der Waals surface area contributed by atoms with Gasteiger partial charge in [0.1, 0.15) is 12.0 Å². The van der Waals surface area contributed by atoms with Crippen molar-refractivity contribution in [1.82, 2.24) is 10.3 Å². The lowest BCUT2D eigenvalue weighted by Gasteiger charge is -2.08. The van der Waals surface area contributed by atoms with Crippen molar-refractivity contribution in [3.05, 3.63) is 23.7 Å². The fourth-order valence-corrected chi connectivity index (χ4v) is 1.91. The Morgan fingerprint density at radius 2 is 2.24 bits per heavy atom. The monoisotopic (exact) mass is 257 g/mol. The number of hydrogen-bond donors (Lipinski definition) is 2. The van der Waals surface area contributed by atoms with E-state index < -0.39 is 5.91 Å². The average Bonchev–Trinajstić information content (AvgIpc) is 2.76. The van der Waals surface area contributed by atoms with Crippen molar-refractivity contribution < 1.29 is 14.0 Å². The minimum Gasteiger partial charge on any atom is -0.468 e. The Bertz CT molecular complexity index is 403. The molecule has 1 aromatic heterocycles. The van der Waals surface area contributed by atoms with Crippen molar-refractivity contribution >= 4 is 23.6 Å². The zero-order valence-corrected chi connectivity index (χ0v) is 10.5. The third kappa shape index (κ3) is 4.12. The second-order valence-corrected chi connectivity index (χ2v) is 4.54. The maximum Gasteiger partial charge on any atom is 0.268 e. The smallest absolute Gasteiger partial charge is 0.268 e. The lowest BCUT2D eigenvalue weighted by Crippen LogP contribution is -2.29. The lowest BCUT2D eigenvalue weighted by molar-refractivity contribution is -0.125. The van der Waals surface area contributed by atoms with Gasteiger partial charge in [0.25, 0.3) is 5.91 Å². The predicted octanol–water partition coefficient (Wildman–Crippen LogP) is 0.204. The maximum absolute atomic E-state index is 11.3. The van der Waals surface area contributed by atoms with Gasteiger partial charge in [-0.25, -0.2) is 5.84 Å². The number of nitrogens with one attached hydrogen (secondary N) is 1. The second kappa shape index (κ2) is 6.31. The minimum atomic E-state index is -0.394. The molecule has 0 bridgehead atoms. The van der Waals surface area contributed by atoms with Gasteiger partial charge in [0.15, 0.2) is 0 Å². The first kappa shape index (κ1) is 13.6. The zero-order valence-electron chi connectivity index (χ0n) is 9.73. The van der Waals surface area contributed by atoms with E-state index in [4.69, 9.17) is 10.3 Å². The van der Waals surface area contributed by atoms with Crippen LogP contribution in [0.5, 0.6) is 0 Å². The number of carbonyl (C=O) groups is 2. The number of hydrogen-bond acceptors (Lipinski definition) is 5. The van der Waals surface area contributed by atoms with Crippen LogP contribution in [0.2, 0.25) is 0 Å². The largest absolute Gasteiger partial charge is 0.468 e. The van der Waals surface area contributed by atoms with Crippen LogP contribution in [0.1, 0.15) is 16.1 Å². The van der Waals surface area contributed by atoms with E-state index in [0.29, 0.717) is 22.8 Å². The molecule has 0 saturated heterocycles. The normalized spacial score (nSPS) is 10.1. The molecule has 0 fully saturated rings. The number of thioether (sulfide) groups is 1. The standard InChI is InChI=1S/C10H15N3O3S/c1-13(2)9(14)6-17-5-8-3-7(4-16-8)10(15)12-11/h3-4H,5-6,11H2,1-2H3,(H,12,15). The zero-order chi connectivity index (χ0) is 12.8. The number of hydrazine groups is 1. The van der Waals surface area contributed by atoms with Crippen molar-refractivity contribution in [2.45, 2.75) is 5.75 Å². The van der Waals surface area contributed by atoms with E-state index in [1.807, 2.05) is 5.43 Å². The Morgan fingerprint density at radius 3 is 2.82 bits per heavy atom. The Balaban J connectivity index is 2.40. The topological polar surface area (TPSA) is 88.6 Å². The number of carbonyl (C=O) groups excluding carboxylic acids is 2. The highest BCUT2D eigenvalue weighted by molar-refractivity contribution is 7.99. The van der Waals surface area contributed by atoms with Gasteiger partial charge in [-0.1, -0.05) is 0 Å². The number of nitrogens with zero attached hydrogens (tertiary/aromatic N) is 1. The Morgan fingerprint density at radius 1 is 1.53 bits per heavy atom. The number of furan rings is 1. The van der Waals surface area contributed by atoms with Gasteiger partial charge < -0.3 is 9.32 Å². The molecule has 1 heterocycles. The van der Waals surface area contributed by atoms with Crippen LogP contribution in [-0.4, -0.2) is 36.6 Å². The average molecular weight is 257 g/mol. The molecule has 0 aliphatic rings. The van der Waals surface area contributed by atoms with Crippen molar-refractivity contribution in [1.29, 1.82) is 0 Å². The van der Waals surface area contributed by atoms with Gasteiger partial charge in [0.2, 0.25) is 5.91 Å². The summed E-state index contributed by atoms with van der Waals surface area (Å²) in [7, 11) is 3.42. The predicted molar refractivity (Wildman–Crippen MR) is 65.2 cm³/mol. The molecule has 1 rings (SSSR count). The van der Waals surface area contributed by atoms with Crippen LogP contribution in [0, 0.1) is 0 Å². The molecule has 0 aliphatic heterocycles. The first-order valence-corrected chi connectivity index (χ1v) is 6.06. The summed E-state index contributed by atoms with van der Waals surface area (Å²) in [5, 5.41) is 0. The first-order chi connectivity index (χ1) is 8.04. The van der Waals surface area contributed by atoms with Crippen LogP contribution in [0.4, 0.5) is 0 Å². The van der Waals surface area contributed by atoms with Gasteiger partial charge in [0.05, 0.1) is 17.1 Å². The number of rotatable bonds is 5. The number of nitrogen functional groups attached to an aromatic ring is 1. The molecule has 3 N–H and O–H groups in total. The van der Waals surface area contributed by atoms with Gasteiger partial charge in [0, 0.05) is 14.1 Å². The third-order valence-corrected chi connectivity index (χ3v) is 2.96. The molecule has 94 valence electrons. The highest BCUT2D eigenvalue weighted by Crippen LogP contribution is 2.15. The molecule has 0 radical (unpaired) electrons. The lowest BCUT2D eigenvalue weighted by atomic mass is 10.3. The first-order valence-electron chi connectivity index (χ1n) is 4.91. The summed E-state index contributed by atoms with van der Waals surface area (Å²) in [4.78, 5) is 24.0. The summed E-state index contributed by atoms with van der Waals surface area (Å²) >= 11 is 1.43. The summed E-state index contributed by atoms with van der Waals surface area (Å²) in [6.07, 6.45) is 1.34. The van der Waals surface area contributed by atoms with Gasteiger partial charge in [-0.3, -0.25) is 15.0 Å². The Kier molecular flexibility index (Phi) is 5.05. The number of nitrogens with two attached hydrogens (primary N) is 1. The third-order valence-electron chi connectivity index (χ3n) is 2.02. The fourth-order valence-electron chi connectivity index (χ4n) is 1.03. The van der Waals surface area contributed by atoms with Gasteiger partial charge in [-0.15, -0.1) is 11.8 Å². The minimum absolute atomic E-state index is 0.0430. The van der Waals surface area contributed by atoms with Crippen molar-refractivity contribution in [2.75, 3.05) is 19.8 Å². The molecule has 0 spiro atoms. The molecular formula is C10H15N3O3S. The van der Waals surface area contributed by atoms with E-state index in [9.17, 15) is 9.59 Å². The summed E-state index contributed by atoms with van der Waals surface area (Å²) in [6, 6.07) is 1.61. The summed E-state index contributed by atoms with van der Waals surface area (Å²) in [6.45, 7) is 0. The molecule has 1 aromatic rings. The van der Waals surface area contributed by atoms with Crippen LogP contribution in [-0.2, 0) is 10.5 Å². The summed E-state index contributed by atoms with van der Waals surface area (Å²) in [5.41, 5.74) is 2.39. The Hall–Kier alpha value is -1.47. The highest BCUT2D eigenvalue weighted by atomic mass is 32.2. The van der Waals surface area contributed by atoms with Crippen LogP contribution in [0.3, 0.4) is 0 Å². The van der Waals surface area contributed by atoms with Crippen molar-refractivity contribution in [2.24, 2.45) is 5.84 Å².